The summed E-state index contributed by atoms with van der Waals surface area (Å²) in [6.07, 6.45) is 2.88. The SMILES string of the molecule is CNS(=O)(=O)c1ccc(NC(=O)c2cnc(C)cn2)cc1. The first-order valence-corrected chi connectivity index (χ1v) is 7.54. The summed E-state index contributed by atoms with van der Waals surface area (Å²) in [5, 5.41) is 2.62. The Bertz CT molecular complexity index is 740. The van der Waals surface area contributed by atoms with Crippen molar-refractivity contribution in [2.45, 2.75) is 11.8 Å². The van der Waals surface area contributed by atoms with Crippen LogP contribution in [0.4, 0.5) is 5.69 Å². The molecule has 0 radical (unpaired) electrons. The predicted molar refractivity (Wildman–Crippen MR) is 77.4 cm³/mol. The van der Waals surface area contributed by atoms with Crippen LogP contribution in [0.5, 0.6) is 0 Å². The zero-order valence-electron chi connectivity index (χ0n) is 11.5. The molecule has 8 heteroatoms. The van der Waals surface area contributed by atoms with Gasteiger partial charge < -0.3 is 5.32 Å². The first-order chi connectivity index (χ1) is 9.92. The molecule has 0 unspecified atom stereocenters. The third-order valence-electron chi connectivity index (χ3n) is 2.70. The molecule has 1 amide bonds. The van der Waals surface area contributed by atoms with Gasteiger partial charge in [-0.2, -0.15) is 0 Å². The molecular formula is C13H14N4O3S. The summed E-state index contributed by atoms with van der Waals surface area (Å²) in [5.41, 5.74) is 1.37. The molecule has 1 aromatic heterocycles. The Kier molecular flexibility index (Phi) is 4.29. The van der Waals surface area contributed by atoms with Gasteiger partial charge in [-0.3, -0.25) is 9.78 Å². The smallest absolute Gasteiger partial charge is 0.275 e. The van der Waals surface area contributed by atoms with E-state index in [1.165, 1.54) is 43.7 Å². The van der Waals surface area contributed by atoms with Gasteiger partial charge in [-0.1, -0.05) is 0 Å². The van der Waals surface area contributed by atoms with E-state index in [1.54, 1.807) is 6.92 Å². The quantitative estimate of drug-likeness (QED) is 0.875. The Balaban J connectivity index is 2.13. The van der Waals surface area contributed by atoms with Crippen molar-refractivity contribution in [3.63, 3.8) is 0 Å². The lowest BCUT2D eigenvalue weighted by Gasteiger charge is -2.06. The van der Waals surface area contributed by atoms with Crippen LogP contribution in [0.25, 0.3) is 0 Å². The number of carbonyl (C=O) groups is 1. The van der Waals surface area contributed by atoms with E-state index in [1.807, 2.05) is 0 Å². The largest absolute Gasteiger partial charge is 0.321 e. The second-order valence-electron chi connectivity index (χ2n) is 4.23. The average molecular weight is 306 g/mol. The molecule has 7 nitrogen and oxygen atoms in total. The van der Waals surface area contributed by atoms with Crippen LogP contribution in [0, 0.1) is 6.92 Å². The van der Waals surface area contributed by atoms with Crippen LogP contribution in [-0.2, 0) is 10.0 Å². The number of benzene rings is 1. The molecule has 0 aliphatic carbocycles. The highest BCUT2D eigenvalue weighted by Crippen LogP contribution is 2.14. The third-order valence-corrected chi connectivity index (χ3v) is 4.14. The zero-order chi connectivity index (χ0) is 15.5. The second kappa shape index (κ2) is 5.98. The monoisotopic (exact) mass is 306 g/mol. The fraction of sp³-hybridized carbons (Fsp3) is 0.154. The van der Waals surface area contributed by atoms with Crippen molar-refractivity contribution < 1.29 is 13.2 Å². The van der Waals surface area contributed by atoms with Gasteiger partial charge >= 0.3 is 0 Å². The Morgan fingerprint density at radius 1 is 1.10 bits per heavy atom. The summed E-state index contributed by atoms with van der Waals surface area (Å²) in [6.45, 7) is 1.77. The Hall–Kier alpha value is -2.32. The molecule has 0 spiro atoms. The average Bonchev–Trinajstić information content (AvgIpc) is 2.48. The summed E-state index contributed by atoms with van der Waals surface area (Å²) in [7, 11) is -2.15. The van der Waals surface area contributed by atoms with Gasteiger partial charge in [0.2, 0.25) is 10.0 Å². The normalized spacial score (nSPS) is 11.1. The molecule has 2 aromatic rings. The molecule has 0 aliphatic rings. The minimum Gasteiger partial charge on any atom is -0.321 e. The molecule has 0 saturated heterocycles. The van der Waals surface area contributed by atoms with Crippen molar-refractivity contribution in [2.75, 3.05) is 12.4 Å². The minimum absolute atomic E-state index is 0.123. The summed E-state index contributed by atoms with van der Waals surface area (Å²) in [6, 6.07) is 5.82. The standard InChI is InChI=1S/C13H14N4O3S/c1-9-7-16-12(8-15-9)13(18)17-10-3-5-11(6-4-10)21(19,20)14-2/h3-8,14H,1-2H3,(H,17,18). The van der Waals surface area contributed by atoms with Gasteiger partial charge in [0.15, 0.2) is 0 Å². The Morgan fingerprint density at radius 2 is 1.76 bits per heavy atom. The van der Waals surface area contributed by atoms with Crippen LogP contribution in [0.15, 0.2) is 41.6 Å². The van der Waals surface area contributed by atoms with E-state index in [2.05, 4.69) is 20.0 Å². The van der Waals surface area contributed by atoms with Crippen molar-refractivity contribution in [2.24, 2.45) is 0 Å². The van der Waals surface area contributed by atoms with Gasteiger partial charge in [-0.25, -0.2) is 18.1 Å². The van der Waals surface area contributed by atoms with Crippen molar-refractivity contribution in [1.29, 1.82) is 0 Å². The number of hydrogen-bond acceptors (Lipinski definition) is 5. The lowest BCUT2D eigenvalue weighted by atomic mass is 10.3. The molecule has 0 saturated carbocycles. The Labute approximate surface area is 122 Å². The predicted octanol–water partition coefficient (Wildman–Crippen LogP) is 0.945. The van der Waals surface area contributed by atoms with Crippen molar-refractivity contribution >= 4 is 21.6 Å². The number of sulfonamides is 1. The highest BCUT2D eigenvalue weighted by Gasteiger charge is 2.12. The molecule has 0 fully saturated rings. The summed E-state index contributed by atoms with van der Waals surface area (Å²) in [5.74, 6) is -0.410. The van der Waals surface area contributed by atoms with Crippen molar-refractivity contribution in [3.05, 3.63) is 48.0 Å². The number of amides is 1. The highest BCUT2D eigenvalue weighted by atomic mass is 32.2. The molecule has 0 atom stereocenters. The number of rotatable bonds is 4. The van der Waals surface area contributed by atoms with Gasteiger partial charge in [0.25, 0.3) is 5.91 Å². The first-order valence-electron chi connectivity index (χ1n) is 6.06. The van der Waals surface area contributed by atoms with Gasteiger partial charge in [0.1, 0.15) is 5.69 Å². The second-order valence-corrected chi connectivity index (χ2v) is 6.12. The first kappa shape index (κ1) is 15.1. The van der Waals surface area contributed by atoms with E-state index in [0.29, 0.717) is 11.4 Å². The number of anilines is 1. The number of carbonyl (C=O) groups excluding carboxylic acids is 1. The highest BCUT2D eigenvalue weighted by molar-refractivity contribution is 7.89. The summed E-state index contributed by atoms with van der Waals surface area (Å²) < 4.78 is 25.4. The fourth-order valence-electron chi connectivity index (χ4n) is 1.54. The lowest BCUT2D eigenvalue weighted by molar-refractivity contribution is 0.102. The minimum atomic E-state index is -3.49. The van der Waals surface area contributed by atoms with Crippen molar-refractivity contribution in [3.8, 4) is 0 Å². The molecule has 0 aliphatic heterocycles. The van der Waals surface area contributed by atoms with E-state index in [4.69, 9.17) is 0 Å². The maximum absolute atomic E-state index is 11.9. The Morgan fingerprint density at radius 3 is 2.29 bits per heavy atom. The molecule has 21 heavy (non-hydrogen) atoms. The zero-order valence-corrected chi connectivity index (χ0v) is 12.3. The van der Waals surface area contributed by atoms with Gasteiger partial charge in [-0.05, 0) is 38.2 Å². The van der Waals surface area contributed by atoms with Crippen LogP contribution in [0.1, 0.15) is 16.2 Å². The third kappa shape index (κ3) is 3.61. The van der Waals surface area contributed by atoms with Crippen LogP contribution < -0.4 is 10.0 Å². The molecular weight excluding hydrogens is 292 g/mol. The molecule has 0 bridgehead atoms. The van der Waals surface area contributed by atoms with Gasteiger partial charge in [0, 0.05) is 11.9 Å². The fourth-order valence-corrected chi connectivity index (χ4v) is 2.27. The van der Waals surface area contributed by atoms with Crippen LogP contribution in [-0.4, -0.2) is 31.3 Å². The van der Waals surface area contributed by atoms with E-state index in [0.717, 1.165) is 0 Å². The summed E-state index contributed by atoms with van der Waals surface area (Å²) in [4.78, 5) is 20.0. The van der Waals surface area contributed by atoms with E-state index < -0.39 is 15.9 Å². The van der Waals surface area contributed by atoms with Crippen LogP contribution in [0.3, 0.4) is 0 Å². The number of hydrogen-bond donors (Lipinski definition) is 2. The lowest BCUT2D eigenvalue weighted by Crippen LogP contribution is -2.18. The maximum Gasteiger partial charge on any atom is 0.275 e. The van der Waals surface area contributed by atoms with Crippen LogP contribution in [0.2, 0.25) is 0 Å². The van der Waals surface area contributed by atoms with Crippen LogP contribution >= 0.6 is 0 Å². The molecule has 2 N–H and O–H groups in total. The van der Waals surface area contributed by atoms with E-state index in [-0.39, 0.29) is 10.6 Å². The van der Waals surface area contributed by atoms with Gasteiger partial charge in [0.05, 0.1) is 16.8 Å². The van der Waals surface area contributed by atoms with E-state index >= 15 is 0 Å². The molecule has 1 aromatic carbocycles. The van der Waals surface area contributed by atoms with E-state index in [9.17, 15) is 13.2 Å². The number of nitrogens with one attached hydrogen (secondary N) is 2. The maximum atomic E-state index is 11.9. The van der Waals surface area contributed by atoms with Gasteiger partial charge in [-0.15, -0.1) is 0 Å². The number of nitrogens with zero attached hydrogens (tertiary/aromatic N) is 2. The molecule has 1 heterocycles. The molecule has 110 valence electrons. The topological polar surface area (TPSA) is 101 Å². The number of aromatic nitrogens is 2. The number of aryl methyl sites for hydroxylation is 1. The molecule has 2 rings (SSSR count). The summed E-state index contributed by atoms with van der Waals surface area (Å²) >= 11 is 0. The van der Waals surface area contributed by atoms with Crippen molar-refractivity contribution in [1.82, 2.24) is 14.7 Å².